The van der Waals surface area contributed by atoms with Gasteiger partial charge in [0.05, 0.1) is 24.4 Å². The molecule has 0 aliphatic rings. The molecule has 0 bridgehead atoms. The Hall–Kier alpha value is -3.14. The second kappa shape index (κ2) is 5.93. The fourth-order valence-corrected chi connectivity index (χ4v) is 2.66. The van der Waals surface area contributed by atoms with E-state index >= 15 is 0 Å². The standard InChI is InChI=1S/C19H16N4/c1-3-7-15(8-4-1)11-21-19-18-12-20-14-23(18)17(13-22-19)16-9-5-2-6-10-16/h1-10,12-14H,11H2,(H,21,22). The Morgan fingerprint density at radius 1 is 0.870 bits per heavy atom. The van der Waals surface area contributed by atoms with Crippen LogP contribution in [0.15, 0.2) is 79.4 Å². The van der Waals surface area contributed by atoms with Crippen molar-refractivity contribution >= 4 is 11.3 Å². The van der Waals surface area contributed by atoms with Gasteiger partial charge in [0.1, 0.15) is 5.52 Å². The monoisotopic (exact) mass is 300 g/mol. The van der Waals surface area contributed by atoms with E-state index in [1.807, 2.05) is 55.1 Å². The summed E-state index contributed by atoms with van der Waals surface area (Å²) in [5, 5.41) is 3.40. The fourth-order valence-electron chi connectivity index (χ4n) is 2.66. The van der Waals surface area contributed by atoms with E-state index in [1.165, 1.54) is 5.56 Å². The quantitative estimate of drug-likeness (QED) is 0.619. The van der Waals surface area contributed by atoms with Gasteiger partial charge in [0.25, 0.3) is 0 Å². The number of anilines is 1. The predicted molar refractivity (Wildman–Crippen MR) is 92.2 cm³/mol. The van der Waals surface area contributed by atoms with Crippen LogP contribution in [-0.4, -0.2) is 14.4 Å². The topological polar surface area (TPSA) is 42.2 Å². The number of nitrogens with zero attached hydrogens (tertiary/aromatic N) is 3. The smallest absolute Gasteiger partial charge is 0.152 e. The van der Waals surface area contributed by atoms with Crippen molar-refractivity contribution in [3.05, 3.63) is 84.9 Å². The molecule has 4 heteroatoms. The van der Waals surface area contributed by atoms with Crippen molar-refractivity contribution in [2.75, 3.05) is 5.32 Å². The summed E-state index contributed by atoms with van der Waals surface area (Å²) in [4.78, 5) is 8.88. The van der Waals surface area contributed by atoms with Crippen molar-refractivity contribution in [1.29, 1.82) is 0 Å². The molecule has 0 aliphatic carbocycles. The number of hydrogen-bond donors (Lipinski definition) is 1. The van der Waals surface area contributed by atoms with Gasteiger partial charge in [-0.25, -0.2) is 9.97 Å². The molecule has 4 rings (SSSR count). The van der Waals surface area contributed by atoms with E-state index in [-0.39, 0.29) is 0 Å². The zero-order valence-electron chi connectivity index (χ0n) is 12.6. The maximum Gasteiger partial charge on any atom is 0.152 e. The van der Waals surface area contributed by atoms with E-state index in [0.29, 0.717) is 0 Å². The SMILES string of the molecule is c1ccc(CNc2ncc(-c3ccccc3)n3cncc23)cc1. The highest BCUT2D eigenvalue weighted by atomic mass is 15.1. The third-order valence-corrected chi connectivity index (χ3v) is 3.83. The highest BCUT2D eigenvalue weighted by Gasteiger charge is 2.09. The normalized spacial score (nSPS) is 10.8. The molecule has 0 radical (unpaired) electrons. The Bertz CT molecular complexity index is 914. The number of hydrogen-bond acceptors (Lipinski definition) is 3. The molecule has 1 N–H and O–H groups in total. The minimum absolute atomic E-state index is 0.735. The molecule has 0 amide bonds. The predicted octanol–water partition coefficient (Wildman–Crippen LogP) is 4.01. The van der Waals surface area contributed by atoms with Crippen LogP contribution in [0.4, 0.5) is 5.82 Å². The summed E-state index contributed by atoms with van der Waals surface area (Å²) in [7, 11) is 0. The van der Waals surface area contributed by atoms with Gasteiger partial charge >= 0.3 is 0 Å². The molecule has 2 aromatic heterocycles. The molecule has 2 aromatic carbocycles. The van der Waals surface area contributed by atoms with Gasteiger partial charge in [-0.2, -0.15) is 0 Å². The van der Waals surface area contributed by atoms with Gasteiger partial charge in [0.2, 0.25) is 0 Å². The van der Waals surface area contributed by atoms with Crippen LogP contribution in [-0.2, 0) is 6.54 Å². The van der Waals surface area contributed by atoms with Crippen molar-refractivity contribution in [3.8, 4) is 11.3 Å². The van der Waals surface area contributed by atoms with Crippen LogP contribution < -0.4 is 5.32 Å². The second-order valence-electron chi connectivity index (χ2n) is 5.35. The average Bonchev–Trinajstić information content (AvgIpc) is 3.11. The minimum Gasteiger partial charge on any atom is -0.364 e. The van der Waals surface area contributed by atoms with Crippen molar-refractivity contribution in [3.63, 3.8) is 0 Å². The number of rotatable bonds is 4. The van der Waals surface area contributed by atoms with Crippen LogP contribution >= 0.6 is 0 Å². The molecule has 4 nitrogen and oxygen atoms in total. The summed E-state index contributed by atoms with van der Waals surface area (Å²) in [6.45, 7) is 0.735. The molecule has 0 atom stereocenters. The summed E-state index contributed by atoms with van der Waals surface area (Å²) >= 11 is 0. The van der Waals surface area contributed by atoms with E-state index in [2.05, 4.69) is 44.0 Å². The molecule has 0 fully saturated rings. The number of nitrogens with one attached hydrogen (secondary N) is 1. The summed E-state index contributed by atoms with van der Waals surface area (Å²) in [6, 6.07) is 20.5. The third kappa shape index (κ3) is 2.66. The van der Waals surface area contributed by atoms with Crippen LogP contribution in [0.3, 0.4) is 0 Å². The number of fused-ring (bicyclic) bond motifs is 1. The zero-order valence-corrected chi connectivity index (χ0v) is 12.6. The maximum absolute atomic E-state index is 4.60. The largest absolute Gasteiger partial charge is 0.364 e. The van der Waals surface area contributed by atoms with Crippen LogP contribution in [0.2, 0.25) is 0 Å². The molecule has 0 spiro atoms. The molecule has 0 saturated heterocycles. The van der Waals surface area contributed by atoms with Crippen LogP contribution in [0, 0.1) is 0 Å². The van der Waals surface area contributed by atoms with E-state index < -0.39 is 0 Å². The van der Waals surface area contributed by atoms with Gasteiger partial charge in [0, 0.05) is 12.1 Å². The third-order valence-electron chi connectivity index (χ3n) is 3.83. The maximum atomic E-state index is 4.60. The van der Waals surface area contributed by atoms with Gasteiger partial charge in [0.15, 0.2) is 5.82 Å². The van der Waals surface area contributed by atoms with Gasteiger partial charge in [-0.3, -0.25) is 4.40 Å². The van der Waals surface area contributed by atoms with Crippen LogP contribution in [0.1, 0.15) is 5.56 Å². The second-order valence-corrected chi connectivity index (χ2v) is 5.35. The first kappa shape index (κ1) is 13.5. The first-order valence-electron chi connectivity index (χ1n) is 7.56. The summed E-state index contributed by atoms with van der Waals surface area (Å²) in [6.07, 6.45) is 5.55. The molecule has 0 unspecified atom stereocenters. The molecule has 0 saturated carbocycles. The van der Waals surface area contributed by atoms with Crippen molar-refractivity contribution in [2.45, 2.75) is 6.54 Å². The van der Waals surface area contributed by atoms with E-state index in [1.54, 1.807) is 0 Å². The Morgan fingerprint density at radius 3 is 2.39 bits per heavy atom. The highest BCUT2D eigenvalue weighted by Crippen LogP contribution is 2.23. The molecule has 0 aliphatic heterocycles. The number of imidazole rings is 1. The van der Waals surface area contributed by atoms with Gasteiger partial charge in [-0.15, -0.1) is 0 Å². The Labute approximate surface area is 134 Å². The minimum atomic E-state index is 0.735. The lowest BCUT2D eigenvalue weighted by Gasteiger charge is -2.11. The van der Waals surface area contributed by atoms with Crippen LogP contribution in [0.25, 0.3) is 16.8 Å². The van der Waals surface area contributed by atoms with Crippen molar-refractivity contribution in [1.82, 2.24) is 14.4 Å². The molecule has 4 aromatic rings. The summed E-state index contributed by atoms with van der Waals surface area (Å²) in [5.74, 6) is 0.839. The number of benzene rings is 2. The van der Waals surface area contributed by atoms with Gasteiger partial charge in [-0.1, -0.05) is 60.7 Å². The van der Waals surface area contributed by atoms with Gasteiger partial charge in [-0.05, 0) is 5.56 Å². The Kier molecular flexibility index (Phi) is 3.48. The van der Waals surface area contributed by atoms with E-state index in [9.17, 15) is 0 Å². The van der Waals surface area contributed by atoms with Crippen LogP contribution in [0.5, 0.6) is 0 Å². The summed E-state index contributed by atoms with van der Waals surface area (Å²) < 4.78 is 2.07. The molecule has 2 heterocycles. The first-order chi connectivity index (χ1) is 11.4. The Balaban J connectivity index is 1.69. The lowest BCUT2D eigenvalue weighted by Crippen LogP contribution is -2.04. The van der Waals surface area contributed by atoms with E-state index in [4.69, 9.17) is 0 Å². The van der Waals surface area contributed by atoms with Crippen molar-refractivity contribution in [2.24, 2.45) is 0 Å². The highest BCUT2D eigenvalue weighted by molar-refractivity contribution is 5.72. The molecule has 23 heavy (non-hydrogen) atoms. The number of aromatic nitrogens is 3. The molecular formula is C19H16N4. The molecule has 112 valence electrons. The fraction of sp³-hybridized carbons (Fsp3) is 0.0526. The Morgan fingerprint density at radius 2 is 1.61 bits per heavy atom. The first-order valence-corrected chi connectivity index (χ1v) is 7.56. The molecular weight excluding hydrogens is 284 g/mol. The lowest BCUT2D eigenvalue weighted by molar-refractivity contribution is 1.08. The van der Waals surface area contributed by atoms with Crippen molar-refractivity contribution < 1.29 is 0 Å². The van der Waals surface area contributed by atoms with Gasteiger partial charge < -0.3 is 5.32 Å². The zero-order chi connectivity index (χ0) is 15.5. The average molecular weight is 300 g/mol. The summed E-state index contributed by atoms with van der Waals surface area (Å²) in [5.41, 5.74) is 4.35. The lowest BCUT2D eigenvalue weighted by atomic mass is 10.1. The van der Waals surface area contributed by atoms with E-state index in [0.717, 1.165) is 29.1 Å².